The van der Waals surface area contributed by atoms with Crippen molar-refractivity contribution in [3.05, 3.63) is 72.8 Å². The van der Waals surface area contributed by atoms with E-state index in [9.17, 15) is 0 Å². The molecule has 3 aromatic rings. The Labute approximate surface area is 183 Å². The van der Waals surface area contributed by atoms with Crippen molar-refractivity contribution in [2.75, 3.05) is 21.3 Å². The van der Waals surface area contributed by atoms with Crippen molar-refractivity contribution in [2.24, 2.45) is 0 Å². The summed E-state index contributed by atoms with van der Waals surface area (Å²) in [6.07, 6.45) is 0. The fraction of sp³-hybridized carbons (Fsp3) is 0.143. The maximum absolute atomic E-state index is 5.65. The first kappa shape index (κ1) is 23.0. The van der Waals surface area contributed by atoms with E-state index in [1.165, 1.54) is 0 Å². The second-order valence-electron chi connectivity index (χ2n) is 5.40. The van der Waals surface area contributed by atoms with Crippen molar-refractivity contribution in [1.82, 2.24) is 0 Å². The molecule has 0 unspecified atom stereocenters. The fourth-order valence-electron chi connectivity index (χ4n) is 2.83. The Morgan fingerprint density at radius 2 is 0.821 bits per heavy atom. The predicted molar refractivity (Wildman–Crippen MR) is 117 cm³/mol. The third kappa shape index (κ3) is 5.63. The van der Waals surface area contributed by atoms with Gasteiger partial charge in [0.1, 0.15) is 17.2 Å². The summed E-state index contributed by atoms with van der Waals surface area (Å²) < 4.78 is 17.0. The summed E-state index contributed by atoms with van der Waals surface area (Å²) in [6.45, 7) is 0. The van der Waals surface area contributed by atoms with Gasteiger partial charge in [-0.2, -0.15) is 0 Å². The summed E-state index contributed by atoms with van der Waals surface area (Å²) >= 11 is -0.106. The van der Waals surface area contributed by atoms with E-state index >= 15 is 0 Å². The monoisotopic (exact) mass is 528 g/mol. The number of hydrogen-bond acceptors (Lipinski definition) is 3. The van der Waals surface area contributed by atoms with Gasteiger partial charge in [-0.15, -0.1) is 0 Å². The van der Waals surface area contributed by atoms with Crippen LogP contribution >= 0.6 is 27.0 Å². The number of halogens is 2. The van der Waals surface area contributed by atoms with E-state index in [0.29, 0.717) is 0 Å². The molecule has 0 amide bonds. The van der Waals surface area contributed by atoms with Crippen LogP contribution in [0.25, 0.3) is 0 Å². The molecule has 0 aliphatic carbocycles. The Hall–Kier alpha value is -1.27. The first-order valence-electron chi connectivity index (χ1n) is 8.23. The molecule has 0 aromatic heterocycles. The molecule has 0 aliphatic heterocycles. The summed E-state index contributed by atoms with van der Waals surface area (Å²) in [5.74, 6) is 2.60. The number of methoxy groups -OCH3 is 3. The van der Waals surface area contributed by atoms with E-state index in [4.69, 9.17) is 33.3 Å². The van der Waals surface area contributed by atoms with E-state index in [-0.39, 0.29) is 15.9 Å². The van der Waals surface area contributed by atoms with Gasteiger partial charge in [0.2, 0.25) is 0 Å². The fourth-order valence-corrected chi connectivity index (χ4v) is 5.48. The molecule has 0 fully saturated rings. The first-order valence-corrected chi connectivity index (χ1v) is 13.6. The molecule has 0 aliphatic rings. The average molecular weight is 530 g/mol. The van der Waals surface area contributed by atoms with Crippen molar-refractivity contribution in [2.45, 2.75) is 0 Å². The van der Waals surface area contributed by atoms with Gasteiger partial charge >= 0.3 is 35.0 Å². The Balaban J connectivity index is 0.000000878. The van der Waals surface area contributed by atoms with Crippen molar-refractivity contribution in [3.8, 4) is 17.2 Å². The first-order chi connectivity index (χ1) is 13.7. The predicted octanol–water partition coefficient (Wildman–Crippen LogP) is 4.85. The zero-order valence-corrected chi connectivity index (χ0v) is 19.6. The van der Waals surface area contributed by atoms with Crippen LogP contribution in [0.2, 0.25) is 0 Å². The maximum atomic E-state index is 5.65. The van der Waals surface area contributed by atoms with Crippen LogP contribution in [-0.4, -0.2) is 21.3 Å². The Morgan fingerprint density at radius 1 is 0.571 bits per heavy atom. The topological polar surface area (TPSA) is 27.7 Å². The van der Waals surface area contributed by atoms with Crippen LogP contribution < -0.4 is 30.1 Å². The molecule has 28 heavy (non-hydrogen) atoms. The molecule has 0 N–H and O–H groups in total. The van der Waals surface area contributed by atoms with Crippen molar-refractivity contribution >= 4 is 42.9 Å². The molecule has 7 heteroatoms. The minimum atomic E-state index is -0.901. The van der Waals surface area contributed by atoms with Gasteiger partial charge in [-0.1, -0.05) is 54.6 Å². The molecule has 0 radical (unpaired) electrons. The van der Waals surface area contributed by atoms with Crippen LogP contribution in [0, 0.1) is 0 Å². The van der Waals surface area contributed by atoms with Gasteiger partial charge in [0, 0.05) is 15.9 Å². The Morgan fingerprint density at radius 3 is 1.07 bits per heavy atom. The standard InChI is InChI=1S/C21H21O3P.2ClH.Pd/c1-22-16-10-4-7-13-19(16)25(20-14-8-5-11-17(20)23-2)21-15-9-6-12-18(21)24-3;;;/h4-15H,1-3H3;2*1H;/q;;;+2/p-2. The molecule has 0 saturated heterocycles. The second kappa shape index (κ2) is 12.3. The second-order valence-corrected chi connectivity index (χ2v) is 9.87. The van der Waals surface area contributed by atoms with Crippen LogP contribution in [0.1, 0.15) is 0 Å². The Kier molecular flexibility index (Phi) is 10.1. The van der Waals surface area contributed by atoms with E-state index in [1.54, 1.807) is 21.3 Å². The van der Waals surface area contributed by atoms with Crippen LogP contribution in [-0.2, 0) is 15.9 Å². The summed E-state index contributed by atoms with van der Waals surface area (Å²) in [4.78, 5) is 0. The third-order valence-corrected chi connectivity index (χ3v) is 6.53. The van der Waals surface area contributed by atoms with E-state index in [1.807, 2.05) is 54.6 Å². The molecule has 0 bridgehead atoms. The van der Waals surface area contributed by atoms with E-state index < -0.39 is 7.92 Å². The van der Waals surface area contributed by atoms with Gasteiger partial charge in [0.15, 0.2) is 0 Å². The number of benzene rings is 3. The van der Waals surface area contributed by atoms with E-state index in [0.717, 1.165) is 33.2 Å². The molecule has 0 heterocycles. The van der Waals surface area contributed by atoms with Crippen molar-refractivity contribution < 1.29 is 30.2 Å². The molecular weight excluding hydrogens is 509 g/mol. The molecule has 0 saturated carbocycles. The van der Waals surface area contributed by atoms with Crippen LogP contribution in [0.5, 0.6) is 17.2 Å². The number of hydrogen-bond donors (Lipinski definition) is 0. The van der Waals surface area contributed by atoms with Gasteiger partial charge in [-0.05, 0) is 26.1 Å². The summed E-state index contributed by atoms with van der Waals surface area (Å²) in [5, 5.41) is 3.40. The van der Waals surface area contributed by atoms with Crippen LogP contribution in [0.15, 0.2) is 72.8 Å². The molecule has 3 nitrogen and oxygen atoms in total. The van der Waals surface area contributed by atoms with E-state index in [2.05, 4.69) is 18.2 Å². The molecule has 152 valence electrons. The van der Waals surface area contributed by atoms with Gasteiger partial charge < -0.3 is 14.2 Å². The molecule has 0 atom stereocenters. The number of para-hydroxylation sites is 3. The third-order valence-electron chi connectivity index (χ3n) is 3.98. The average Bonchev–Trinajstić information content (AvgIpc) is 2.75. The summed E-state index contributed by atoms with van der Waals surface area (Å²) in [7, 11) is 13.8. The number of ether oxygens (including phenoxy) is 3. The molecule has 3 rings (SSSR count). The van der Waals surface area contributed by atoms with Gasteiger partial charge in [0.25, 0.3) is 0 Å². The van der Waals surface area contributed by atoms with Crippen LogP contribution in [0.4, 0.5) is 0 Å². The van der Waals surface area contributed by atoms with Crippen LogP contribution in [0.3, 0.4) is 0 Å². The molecular formula is C21H21Cl2O3PPd. The zero-order chi connectivity index (χ0) is 20.4. The summed E-state index contributed by atoms with van der Waals surface area (Å²) in [6, 6.07) is 24.4. The quantitative estimate of drug-likeness (QED) is 0.338. The van der Waals surface area contributed by atoms with Gasteiger partial charge in [-0.25, -0.2) is 0 Å². The van der Waals surface area contributed by atoms with Gasteiger partial charge in [0.05, 0.1) is 21.3 Å². The molecule has 0 spiro atoms. The normalized spacial score (nSPS) is 10.2. The molecule has 3 aromatic carbocycles. The SMILES string of the molecule is COc1ccccc1P(c1ccccc1OC)c1ccccc1OC.[Cl][Pd][Cl]. The van der Waals surface area contributed by atoms with Gasteiger partial charge in [-0.3, -0.25) is 0 Å². The number of rotatable bonds is 6. The Bertz CT molecular complexity index is 767. The van der Waals surface area contributed by atoms with Crippen molar-refractivity contribution in [1.29, 1.82) is 0 Å². The summed E-state index contributed by atoms with van der Waals surface area (Å²) in [5.41, 5.74) is 0. The minimum absolute atomic E-state index is 0.106. The zero-order valence-electron chi connectivity index (χ0n) is 15.7. The van der Waals surface area contributed by atoms with Crippen molar-refractivity contribution in [3.63, 3.8) is 0 Å².